The summed E-state index contributed by atoms with van der Waals surface area (Å²) in [5, 5.41) is 6.97. The Morgan fingerprint density at radius 3 is 2.39 bits per heavy atom. The average molecular weight is 386 g/mol. The number of rotatable bonds is 10. The third-order valence-electron chi connectivity index (χ3n) is 5.92. The van der Waals surface area contributed by atoms with E-state index in [1.165, 1.54) is 76.8 Å². The summed E-state index contributed by atoms with van der Waals surface area (Å²) < 4.78 is 0. The number of hydrogen-bond acceptors (Lipinski definition) is 3. The highest BCUT2D eigenvalue weighted by Crippen LogP contribution is 2.25. The lowest BCUT2D eigenvalue weighted by Crippen LogP contribution is -2.39. The first-order valence-electron chi connectivity index (χ1n) is 11.4. The van der Waals surface area contributed by atoms with Gasteiger partial charge >= 0.3 is 0 Å². The van der Waals surface area contributed by atoms with Crippen LogP contribution in [0.3, 0.4) is 0 Å². The third-order valence-corrected chi connectivity index (χ3v) is 5.92. The Bertz CT molecular complexity index is 562. The molecule has 0 spiro atoms. The second kappa shape index (κ2) is 12.1. The summed E-state index contributed by atoms with van der Waals surface area (Å²) in [6.07, 6.45) is 7.86. The Balaban J connectivity index is 1.49. The number of likely N-dealkylation sites (tertiary alicyclic amines) is 2. The van der Waals surface area contributed by atoms with E-state index in [4.69, 9.17) is 4.99 Å². The second-order valence-corrected chi connectivity index (χ2v) is 8.07. The van der Waals surface area contributed by atoms with Crippen molar-refractivity contribution in [3.8, 4) is 0 Å². The molecule has 3 rings (SSSR count). The molecule has 156 valence electrons. The Morgan fingerprint density at radius 1 is 0.964 bits per heavy atom. The van der Waals surface area contributed by atoms with Crippen LogP contribution in [0.25, 0.3) is 0 Å². The monoisotopic (exact) mass is 385 g/mol. The van der Waals surface area contributed by atoms with E-state index >= 15 is 0 Å². The van der Waals surface area contributed by atoms with Gasteiger partial charge in [0.1, 0.15) is 0 Å². The van der Waals surface area contributed by atoms with Crippen molar-refractivity contribution < 1.29 is 0 Å². The van der Waals surface area contributed by atoms with Crippen molar-refractivity contribution in [3.63, 3.8) is 0 Å². The van der Waals surface area contributed by atoms with Crippen LogP contribution in [0.1, 0.15) is 57.1 Å². The zero-order chi connectivity index (χ0) is 19.4. The van der Waals surface area contributed by atoms with E-state index in [-0.39, 0.29) is 0 Å². The molecule has 2 heterocycles. The quantitative estimate of drug-likeness (QED) is 0.369. The van der Waals surface area contributed by atoms with Gasteiger partial charge in [0.2, 0.25) is 0 Å². The van der Waals surface area contributed by atoms with Crippen LogP contribution in [0.15, 0.2) is 35.3 Å². The summed E-state index contributed by atoms with van der Waals surface area (Å²) in [4.78, 5) is 10.1. The first-order chi connectivity index (χ1) is 13.9. The Labute approximate surface area is 171 Å². The summed E-state index contributed by atoms with van der Waals surface area (Å²) >= 11 is 0. The number of aliphatic imine (C=N–C) groups is 1. The van der Waals surface area contributed by atoms with Crippen LogP contribution in [0.5, 0.6) is 0 Å². The fourth-order valence-corrected chi connectivity index (χ4v) is 4.35. The number of nitrogens with zero attached hydrogens (tertiary/aromatic N) is 3. The van der Waals surface area contributed by atoms with Crippen LogP contribution >= 0.6 is 0 Å². The minimum absolute atomic E-state index is 0.384. The van der Waals surface area contributed by atoms with Crippen molar-refractivity contribution in [1.82, 2.24) is 20.4 Å². The summed E-state index contributed by atoms with van der Waals surface area (Å²) in [6, 6.07) is 11.3. The molecule has 0 saturated carbocycles. The number of benzene rings is 1. The molecule has 1 unspecified atom stereocenters. The predicted octanol–water partition coefficient (Wildman–Crippen LogP) is 3.25. The first kappa shape index (κ1) is 21.1. The Morgan fingerprint density at radius 2 is 1.68 bits per heavy atom. The van der Waals surface area contributed by atoms with Gasteiger partial charge in [0.25, 0.3) is 0 Å². The molecular formula is C23H39N5. The van der Waals surface area contributed by atoms with Crippen LogP contribution in [-0.2, 0) is 0 Å². The molecular weight excluding hydrogens is 346 g/mol. The highest BCUT2D eigenvalue weighted by molar-refractivity contribution is 5.79. The first-order valence-corrected chi connectivity index (χ1v) is 11.4. The third kappa shape index (κ3) is 6.78. The van der Waals surface area contributed by atoms with Crippen LogP contribution in [-0.4, -0.2) is 68.1 Å². The molecule has 1 aromatic rings. The molecule has 2 saturated heterocycles. The molecule has 2 aliphatic rings. The van der Waals surface area contributed by atoms with Crippen molar-refractivity contribution in [3.05, 3.63) is 35.9 Å². The maximum atomic E-state index is 4.95. The summed E-state index contributed by atoms with van der Waals surface area (Å²) in [5.74, 6) is 0.962. The molecule has 0 aromatic heterocycles. The normalized spacial score (nSPS) is 19.8. The molecule has 1 aromatic carbocycles. The lowest BCUT2D eigenvalue weighted by Gasteiger charge is -2.27. The van der Waals surface area contributed by atoms with E-state index in [0.717, 1.165) is 25.6 Å². The molecule has 2 aliphatic heterocycles. The SMILES string of the molecule is CCNC(=NCC(c1ccccc1)N1CCCC1)NCCCCN1CCCC1. The Kier molecular flexibility index (Phi) is 9.11. The Hall–Kier alpha value is -1.59. The van der Waals surface area contributed by atoms with Crippen molar-refractivity contribution in [2.45, 2.75) is 51.5 Å². The fraction of sp³-hybridized carbons (Fsp3) is 0.696. The zero-order valence-electron chi connectivity index (χ0n) is 17.7. The minimum atomic E-state index is 0.384. The van der Waals surface area contributed by atoms with Crippen molar-refractivity contribution in [2.24, 2.45) is 4.99 Å². The van der Waals surface area contributed by atoms with Gasteiger partial charge in [-0.15, -0.1) is 0 Å². The van der Waals surface area contributed by atoms with Crippen LogP contribution in [0.4, 0.5) is 0 Å². The zero-order valence-corrected chi connectivity index (χ0v) is 17.7. The van der Waals surface area contributed by atoms with E-state index in [9.17, 15) is 0 Å². The molecule has 0 amide bonds. The standard InChI is InChI=1S/C23H39N5/c1-2-24-23(25-14-6-7-15-27-16-8-9-17-27)26-20-22(28-18-10-11-19-28)21-12-4-3-5-13-21/h3-5,12-13,22H,2,6-11,14-20H2,1H3,(H2,24,25,26). The van der Waals surface area contributed by atoms with Crippen molar-refractivity contribution >= 4 is 5.96 Å². The number of hydrogen-bond donors (Lipinski definition) is 2. The van der Waals surface area contributed by atoms with Crippen molar-refractivity contribution in [2.75, 3.05) is 52.4 Å². The van der Waals surface area contributed by atoms with E-state index in [1.54, 1.807) is 0 Å². The molecule has 2 fully saturated rings. The molecule has 2 N–H and O–H groups in total. The molecule has 0 aliphatic carbocycles. The largest absolute Gasteiger partial charge is 0.357 e. The van der Waals surface area contributed by atoms with Crippen molar-refractivity contribution in [1.29, 1.82) is 0 Å². The molecule has 5 heteroatoms. The van der Waals surface area contributed by atoms with Gasteiger partial charge in [0.05, 0.1) is 12.6 Å². The van der Waals surface area contributed by atoms with Crippen LogP contribution < -0.4 is 10.6 Å². The van der Waals surface area contributed by atoms with Gasteiger partial charge < -0.3 is 15.5 Å². The van der Waals surface area contributed by atoms with Gasteiger partial charge in [-0.2, -0.15) is 0 Å². The fourth-order valence-electron chi connectivity index (χ4n) is 4.35. The topological polar surface area (TPSA) is 42.9 Å². The molecule has 0 radical (unpaired) electrons. The number of unbranched alkanes of at least 4 members (excludes halogenated alkanes) is 1. The van der Waals surface area contributed by atoms with Gasteiger partial charge in [-0.3, -0.25) is 9.89 Å². The van der Waals surface area contributed by atoms with Crippen LogP contribution in [0.2, 0.25) is 0 Å². The smallest absolute Gasteiger partial charge is 0.191 e. The number of guanidine groups is 1. The van der Waals surface area contributed by atoms with E-state index < -0.39 is 0 Å². The predicted molar refractivity (Wildman–Crippen MR) is 119 cm³/mol. The summed E-state index contributed by atoms with van der Waals surface area (Å²) in [7, 11) is 0. The highest BCUT2D eigenvalue weighted by Gasteiger charge is 2.23. The van der Waals surface area contributed by atoms with Gasteiger partial charge in [0, 0.05) is 13.1 Å². The lowest BCUT2D eigenvalue weighted by molar-refractivity contribution is 0.251. The second-order valence-electron chi connectivity index (χ2n) is 8.07. The maximum absolute atomic E-state index is 4.95. The van der Waals surface area contributed by atoms with Gasteiger partial charge in [-0.25, -0.2) is 0 Å². The molecule has 0 bridgehead atoms. The molecule has 5 nitrogen and oxygen atoms in total. The summed E-state index contributed by atoms with van der Waals surface area (Å²) in [6.45, 7) is 11.1. The van der Waals surface area contributed by atoms with E-state index in [0.29, 0.717) is 6.04 Å². The van der Waals surface area contributed by atoms with E-state index in [1.807, 2.05) is 0 Å². The molecule has 1 atom stereocenters. The van der Waals surface area contributed by atoms with Gasteiger partial charge in [0.15, 0.2) is 5.96 Å². The maximum Gasteiger partial charge on any atom is 0.191 e. The lowest BCUT2D eigenvalue weighted by atomic mass is 10.1. The summed E-state index contributed by atoms with van der Waals surface area (Å²) in [5.41, 5.74) is 1.38. The average Bonchev–Trinajstić information content (AvgIpc) is 3.43. The van der Waals surface area contributed by atoms with E-state index in [2.05, 4.69) is 57.7 Å². The minimum Gasteiger partial charge on any atom is -0.357 e. The van der Waals surface area contributed by atoms with Gasteiger partial charge in [-0.1, -0.05) is 30.3 Å². The number of nitrogens with one attached hydrogen (secondary N) is 2. The highest BCUT2D eigenvalue weighted by atomic mass is 15.2. The van der Waals surface area contributed by atoms with Crippen LogP contribution in [0, 0.1) is 0 Å². The van der Waals surface area contributed by atoms with Gasteiger partial charge in [-0.05, 0) is 83.7 Å². The molecule has 28 heavy (non-hydrogen) atoms.